The molecule has 5 N–H and O–H groups in total. The minimum atomic E-state index is -4.38. The first-order valence-corrected chi connectivity index (χ1v) is 15.7. The number of nitrogens with one attached hydrogen (secondary N) is 1. The molecule has 15 heteroatoms. The zero-order valence-electron chi connectivity index (χ0n) is 25.0. The van der Waals surface area contributed by atoms with E-state index < -0.39 is 50.4 Å². The highest BCUT2D eigenvalue weighted by Crippen LogP contribution is 2.49. The fraction of sp³-hybridized carbons (Fsp3) is 0.448. The molecule has 1 saturated heterocycles. The molecule has 1 aliphatic rings. The topological polar surface area (TPSA) is 193 Å². The number of aliphatic hydroxyl groups excluding tert-OH is 2. The van der Waals surface area contributed by atoms with E-state index in [0.29, 0.717) is 10.9 Å². The molecule has 3 heterocycles. The fourth-order valence-electron chi connectivity index (χ4n) is 4.82. The summed E-state index contributed by atoms with van der Waals surface area (Å²) in [4.78, 5) is 25.1. The van der Waals surface area contributed by atoms with Crippen LogP contribution in [0, 0.1) is 5.41 Å². The van der Waals surface area contributed by atoms with Crippen LogP contribution in [0.4, 0.5) is 5.82 Å². The Bertz CT molecular complexity index is 1690. The van der Waals surface area contributed by atoms with Gasteiger partial charge in [-0.1, -0.05) is 57.2 Å². The summed E-state index contributed by atoms with van der Waals surface area (Å²) in [6.45, 7) is 8.89. The van der Waals surface area contributed by atoms with E-state index in [2.05, 4.69) is 20.0 Å². The monoisotopic (exact) mass is 628 g/mol. The second-order valence-corrected chi connectivity index (χ2v) is 13.6. The molecule has 1 aliphatic heterocycles. The zero-order chi connectivity index (χ0) is 31.8. The van der Waals surface area contributed by atoms with Gasteiger partial charge in [-0.25, -0.2) is 19.5 Å². The van der Waals surface area contributed by atoms with Crippen molar-refractivity contribution in [1.29, 1.82) is 0 Å². The van der Waals surface area contributed by atoms with Crippen molar-refractivity contribution in [2.24, 2.45) is 5.41 Å². The van der Waals surface area contributed by atoms with E-state index in [4.69, 9.17) is 24.3 Å². The van der Waals surface area contributed by atoms with E-state index in [1.807, 2.05) is 45.0 Å². The number of hydrogen-bond acceptors (Lipinski definition) is 12. The van der Waals surface area contributed by atoms with Gasteiger partial charge in [0.25, 0.3) is 0 Å². The third-order valence-corrected chi connectivity index (χ3v) is 8.78. The first kappa shape index (κ1) is 31.8. The first-order chi connectivity index (χ1) is 20.8. The SMILES string of the molecule is CC(NP(=O)(Oc1cccc2ccccc12)OC(C)[C@H]1O[C@@H](n2cnc3c(N)ncnc32)[C@H](O)[C@@H]1O)C(=O)OCC(C)(C)C. The first-order valence-electron chi connectivity index (χ1n) is 14.1. The normalized spacial score (nSPS) is 23.3. The van der Waals surface area contributed by atoms with Crippen molar-refractivity contribution in [1.82, 2.24) is 24.6 Å². The Morgan fingerprint density at radius 2 is 1.84 bits per heavy atom. The van der Waals surface area contributed by atoms with E-state index in [9.17, 15) is 19.6 Å². The van der Waals surface area contributed by atoms with Crippen molar-refractivity contribution in [3.63, 3.8) is 0 Å². The Labute approximate surface area is 254 Å². The number of rotatable bonds is 10. The molecular weight excluding hydrogens is 591 g/mol. The van der Waals surface area contributed by atoms with Gasteiger partial charge in [0.2, 0.25) is 0 Å². The molecule has 0 spiro atoms. The van der Waals surface area contributed by atoms with Crippen molar-refractivity contribution in [2.45, 2.75) is 71.3 Å². The molecule has 0 radical (unpaired) electrons. The summed E-state index contributed by atoms with van der Waals surface area (Å²) in [5.74, 6) is -0.268. The average molecular weight is 629 g/mol. The number of anilines is 1. The number of aromatic nitrogens is 4. The molecule has 1 fully saturated rings. The summed E-state index contributed by atoms with van der Waals surface area (Å²) in [5.41, 5.74) is 6.20. The number of benzene rings is 2. The van der Waals surface area contributed by atoms with E-state index >= 15 is 0 Å². The Kier molecular flexibility index (Phi) is 8.94. The molecule has 2 aromatic carbocycles. The van der Waals surface area contributed by atoms with Crippen LogP contribution in [-0.2, 0) is 23.4 Å². The lowest BCUT2D eigenvalue weighted by Crippen LogP contribution is -2.41. The van der Waals surface area contributed by atoms with Crippen LogP contribution in [0.5, 0.6) is 5.75 Å². The van der Waals surface area contributed by atoms with Crippen LogP contribution >= 0.6 is 7.75 Å². The second kappa shape index (κ2) is 12.4. The van der Waals surface area contributed by atoms with Crippen LogP contribution in [0.25, 0.3) is 21.9 Å². The van der Waals surface area contributed by atoms with Crippen molar-refractivity contribution in [3.8, 4) is 5.75 Å². The number of hydrogen-bond donors (Lipinski definition) is 4. The number of nitrogens with zero attached hydrogens (tertiary/aromatic N) is 4. The zero-order valence-corrected chi connectivity index (χ0v) is 25.9. The predicted octanol–water partition coefficient (Wildman–Crippen LogP) is 3.34. The number of imidazole rings is 1. The lowest BCUT2D eigenvalue weighted by molar-refractivity contribution is -0.148. The van der Waals surface area contributed by atoms with Gasteiger partial charge in [-0.05, 0) is 30.7 Å². The van der Waals surface area contributed by atoms with Crippen molar-refractivity contribution < 1.29 is 38.1 Å². The molecule has 236 valence electrons. The van der Waals surface area contributed by atoms with E-state index in [-0.39, 0.29) is 29.2 Å². The summed E-state index contributed by atoms with van der Waals surface area (Å²) in [7, 11) is -4.38. The third-order valence-electron chi connectivity index (χ3n) is 7.03. The largest absolute Gasteiger partial charge is 0.464 e. The number of nitrogen functional groups attached to an aromatic ring is 1. The highest BCUT2D eigenvalue weighted by Gasteiger charge is 2.49. The Hall–Kier alpha value is -3.65. The van der Waals surface area contributed by atoms with Crippen LogP contribution in [0.2, 0.25) is 0 Å². The number of carbonyl (C=O) groups excluding carboxylic acids is 1. The predicted molar refractivity (Wildman–Crippen MR) is 161 cm³/mol. The number of carbonyl (C=O) groups is 1. The number of esters is 1. The third kappa shape index (κ3) is 6.70. The summed E-state index contributed by atoms with van der Waals surface area (Å²) in [5, 5.41) is 26.1. The van der Waals surface area contributed by atoms with Crippen LogP contribution in [0.3, 0.4) is 0 Å². The minimum Gasteiger partial charge on any atom is -0.464 e. The summed E-state index contributed by atoms with van der Waals surface area (Å²) in [6, 6.07) is 11.5. The quantitative estimate of drug-likeness (QED) is 0.148. The van der Waals surface area contributed by atoms with Crippen molar-refractivity contribution >= 4 is 41.5 Å². The molecule has 0 bridgehead atoms. The molecule has 5 rings (SSSR count). The van der Waals surface area contributed by atoms with Gasteiger partial charge in [0, 0.05) is 5.39 Å². The number of aliphatic hydroxyl groups is 2. The lowest BCUT2D eigenvalue weighted by atomic mass is 9.99. The van der Waals surface area contributed by atoms with E-state index in [1.54, 1.807) is 18.2 Å². The maximum absolute atomic E-state index is 14.4. The van der Waals surface area contributed by atoms with E-state index in [0.717, 1.165) is 5.39 Å². The summed E-state index contributed by atoms with van der Waals surface area (Å²) < 4.78 is 39.3. The number of nitrogens with two attached hydrogens (primary N) is 1. The van der Waals surface area contributed by atoms with Gasteiger partial charge in [-0.3, -0.25) is 13.9 Å². The van der Waals surface area contributed by atoms with Crippen LogP contribution < -0.4 is 15.3 Å². The standard InChI is InChI=1S/C29H37N6O8P/c1-16(28(38)40-13-29(3,4)5)34-44(39,43-20-12-8-10-18-9-6-7-11-19(18)20)42-17(2)24-22(36)23(37)27(41-24)35-15-33-21-25(30)31-14-32-26(21)35/h6-12,14-17,22-24,27,36-37H,13H2,1-5H3,(H,34,39)(H2,30,31,32)/t16?,17?,22-,23+,24+,27+,44?/m0/s1. The summed E-state index contributed by atoms with van der Waals surface area (Å²) in [6.07, 6.45) is -3.71. The van der Waals surface area contributed by atoms with Gasteiger partial charge in [0.05, 0.1) is 19.0 Å². The van der Waals surface area contributed by atoms with Gasteiger partial charge in [0.15, 0.2) is 17.7 Å². The molecule has 0 saturated carbocycles. The highest BCUT2D eigenvalue weighted by molar-refractivity contribution is 7.52. The van der Waals surface area contributed by atoms with Gasteiger partial charge in [-0.15, -0.1) is 0 Å². The molecule has 7 atom stereocenters. The molecule has 3 unspecified atom stereocenters. The van der Waals surface area contributed by atoms with Gasteiger partial charge in [-0.2, -0.15) is 5.09 Å². The van der Waals surface area contributed by atoms with Gasteiger partial charge in [0.1, 0.15) is 41.9 Å². The molecule has 0 aliphatic carbocycles. The van der Waals surface area contributed by atoms with Crippen LogP contribution in [-0.4, -0.2) is 72.8 Å². The molecule has 14 nitrogen and oxygen atoms in total. The van der Waals surface area contributed by atoms with Crippen LogP contribution in [0.15, 0.2) is 55.1 Å². The molecular formula is C29H37N6O8P. The second-order valence-electron chi connectivity index (χ2n) is 12.0. The lowest BCUT2D eigenvalue weighted by Gasteiger charge is -2.29. The minimum absolute atomic E-state index is 0.141. The molecule has 0 amide bonds. The maximum atomic E-state index is 14.4. The summed E-state index contributed by atoms with van der Waals surface area (Å²) >= 11 is 0. The molecule has 4 aromatic rings. The van der Waals surface area contributed by atoms with Gasteiger partial charge < -0.3 is 29.9 Å². The highest BCUT2D eigenvalue weighted by atomic mass is 31.2. The van der Waals surface area contributed by atoms with Crippen molar-refractivity contribution in [3.05, 3.63) is 55.1 Å². The average Bonchev–Trinajstić information content (AvgIpc) is 3.52. The molecule has 2 aromatic heterocycles. The Morgan fingerprint density at radius 3 is 2.59 bits per heavy atom. The smallest absolute Gasteiger partial charge is 0.459 e. The van der Waals surface area contributed by atoms with Crippen molar-refractivity contribution in [2.75, 3.05) is 12.3 Å². The number of fused-ring (bicyclic) bond motifs is 2. The maximum Gasteiger partial charge on any atom is 0.459 e. The Balaban J connectivity index is 1.40. The van der Waals surface area contributed by atoms with Crippen LogP contribution in [0.1, 0.15) is 40.8 Å². The fourth-order valence-corrected chi connectivity index (χ4v) is 6.54. The number of ether oxygens (including phenoxy) is 2. The van der Waals surface area contributed by atoms with E-state index in [1.165, 1.54) is 31.1 Å². The Morgan fingerprint density at radius 1 is 1.11 bits per heavy atom. The molecule has 44 heavy (non-hydrogen) atoms. The van der Waals surface area contributed by atoms with Gasteiger partial charge >= 0.3 is 13.7 Å².